The van der Waals surface area contributed by atoms with Crippen LogP contribution in [0.2, 0.25) is 0 Å². The lowest BCUT2D eigenvalue weighted by molar-refractivity contribution is 0.386. The molecule has 4 heteroatoms. The Balaban J connectivity index is 2.66. The first-order chi connectivity index (χ1) is 7.36. The summed E-state index contributed by atoms with van der Waals surface area (Å²) >= 11 is 0. The van der Waals surface area contributed by atoms with Crippen molar-refractivity contribution in [3.05, 3.63) is 30.0 Å². The van der Waals surface area contributed by atoms with E-state index in [-0.39, 0.29) is 0 Å². The molecule has 0 saturated carbocycles. The van der Waals surface area contributed by atoms with E-state index in [1.807, 2.05) is 24.3 Å². The average molecular weight is 203 g/mol. The van der Waals surface area contributed by atoms with Gasteiger partial charge in [0.15, 0.2) is 5.82 Å². The molecule has 78 valence electrons. The summed E-state index contributed by atoms with van der Waals surface area (Å²) in [5.41, 5.74) is 3.04. The Morgan fingerprint density at radius 2 is 1.93 bits per heavy atom. The molecule has 0 atom stereocenters. The summed E-state index contributed by atoms with van der Waals surface area (Å²) < 4.78 is 0. The molecule has 0 bridgehead atoms. The van der Waals surface area contributed by atoms with Crippen LogP contribution in [-0.4, -0.2) is 15.4 Å². The quantitative estimate of drug-likeness (QED) is 0.752. The number of aryl methyl sites for hydroxylation is 1. The van der Waals surface area contributed by atoms with Crippen molar-refractivity contribution in [1.82, 2.24) is 10.2 Å². The normalized spacial score (nSPS) is 10.5. The number of hydrogen-bond donors (Lipinski definition) is 2. The summed E-state index contributed by atoms with van der Waals surface area (Å²) in [5.74, 6) is 0.408. The standard InChI is InChI=1S/C11H13N3O/c1-2-5-10-8-6-3-4-7-9(8)11(14-15)13-12-10/h3-4,6-7,15H,2,5H2,1H3,(H,13,14). The Kier molecular flexibility index (Phi) is 2.78. The monoisotopic (exact) mass is 203 g/mol. The molecule has 1 heterocycles. The molecule has 4 nitrogen and oxygen atoms in total. The highest BCUT2D eigenvalue weighted by molar-refractivity contribution is 5.92. The minimum absolute atomic E-state index is 0.408. The van der Waals surface area contributed by atoms with Crippen molar-refractivity contribution in [3.63, 3.8) is 0 Å². The molecule has 0 amide bonds. The third-order valence-electron chi connectivity index (χ3n) is 2.36. The average Bonchev–Trinajstić information content (AvgIpc) is 2.30. The van der Waals surface area contributed by atoms with E-state index in [0.29, 0.717) is 5.82 Å². The van der Waals surface area contributed by atoms with Gasteiger partial charge >= 0.3 is 0 Å². The van der Waals surface area contributed by atoms with Gasteiger partial charge in [0.25, 0.3) is 0 Å². The molecule has 2 N–H and O–H groups in total. The predicted molar refractivity (Wildman–Crippen MR) is 58.9 cm³/mol. The van der Waals surface area contributed by atoms with Crippen molar-refractivity contribution >= 4 is 16.6 Å². The summed E-state index contributed by atoms with van der Waals surface area (Å²) in [4.78, 5) is 0. The number of rotatable bonds is 3. The maximum absolute atomic E-state index is 8.90. The fraction of sp³-hybridized carbons (Fsp3) is 0.273. The van der Waals surface area contributed by atoms with E-state index < -0.39 is 0 Å². The highest BCUT2D eigenvalue weighted by atomic mass is 16.5. The van der Waals surface area contributed by atoms with Gasteiger partial charge in [-0.15, -0.1) is 5.10 Å². The van der Waals surface area contributed by atoms with Gasteiger partial charge in [-0.3, -0.25) is 10.7 Å². The first-order valence-electron chi connectivity index (χ1n) is 5.01. The fourth-order valence-corrected chi connectivity index (χ4v) is 1.66. The summed E-state index contributed by atoms with van der Waals surface area (Å²) in [6, 6.07) is 7.79. The van der Waals surface area contributed by atoms with Gasteiger partial charge in [-0.1, -0.05) is 37.6 Å². The van der Waals surface area contributed by atoms with Crippen molar-refractivity contribution in [2.45, 2.75) is 19.8 Å². The molecule has 0 aliphatic carbocycles. The Labute approximate surface area is 87.9 Å². The van der Waals surface area contributed by atoms with Gasteiger partial charge in [0, 0.05) is 10.8 Å². The van der Waals surface area contributed by atoms with E-state index >= 15 is 0 Å². The van der Waals surface area contributed by atoms with Gasteiger partial charge in [0.05, 0.1) is 5.69 Å². The highest BCUT2D eigenvalue weighted by Gasteiger charge is 2.06. The molecule has 0 unspecified atom stereocenters. The minimum Gasteiger partial charge on any atom is -0.290 e. The topological polar surface area (TPSA) is 58.0 Å². The number of nitrogens with zero attached hydrogens (tertiary/aromatic N) is 2. The molecule has 0 aliphatic rings. The Morgan fingerprint density at radius 3 is 2.60 bits per heavy atom. The van der Waals surface area contributed by atoms with Crippen LogP contribution < -0.4 is 5.48 Å². The summed E-state index contributed by atoms with van der Waals surface area (Å²) in [6.45, 7) is 2.11. The molecule has 0 saturated heterocycles. The SMILES string of the molecule is CCCc1nnc(NO)c2ccccc12. The van der Waals surface area contributed by atoms with Crippen LogP contribution in [0.1, 0.15) is 19.0 Å². The summed E-state index contributed by atoms with van der Waals surface area (Å²) in [5, 5.41) is 18.9. The first kappa shape index (κ1) is 9.86. The predicted octanol–water partition coefficient (Wildman–Crippen LogP) is 2.38. The lowest BCUT2D eigenvalue weighted by Crippen LogP contribution is -2.00. The van der Waals surface area contributed by atoms with Gasteiger partial charge in [-0.05, 0) is 6.42 Å². The molecule has 0 aliphatic heterocycles. The number of benzene rings is 1. The van der Waals surface area contributed by atoms with Crippen molar-refractivity contribution < 1.29 is 5.21 Å². The van der Waals surface area contributed by atoms with Gasteiger partial charge in [0.2, 0.25) is 0 Å². The molecule has 2 aromatic rings. The second-order valence-electron chi connectivity index (χ2n) is 3.40. The summed E-state index contributed by atoms with van der Waals surface area (Å²) in [7, 11) is 0. The number of anilines is 1. The lowest BCUT2D eigenvalue weighted by Gasteiger charge is -2.06. The zero-order chi connectivity index (χ0) is 10.7. The molecule has 2 rings (SSSR count). The summed E-state index contributed by atoms with van der Waals surface area (Å²) in [6.07, 6.45) is 1.93. The zero-order valence-electron chi connectivity index (χ0n) is 8.57. The van der Waals surface area contributed by atoms with Crippen LogP contribution >= 0.6 is 0 Å². The molecular weight excluding hydrogens is 190 g/mol. The van der Waals surface area contributed by atoms with Gasteiger partial charge in [-0.25, -0.2) is 0 Å². The Morgan fingerprint density at radius 1 is 1.20 bits per heavy atom. The maximum Gasteiger partial charge on any atom is 0.180 e. The number of hydrogen-bond acceptors (Lipinski definition) is 4. The van der Waals surface area contributed by atoms with Crippen molar-refractivity contribution in [3.8, 4) is 0 Å². The smallest absolute Gasteiger partial charge is 0.180 e. The number of aromatic nitrogens is 2. The van der Waals surface area contributed by atoms with Crippen molar-refractivity contribution in [2.24, 2.45) is 0 Å². The second-order valence-corrected chi connectivity index (χ2v) is 3.40. The van der Waals surface area contributed by atoms with Crippen molar-refractivity contribution in [2.75, 3.05) is 5.48 Å². The minimum atomic E-state index is 0.408. The van der Waals surface area contributed by atoms with Gasteiger partial charge in [0.1, 0.15) is 0 Å². The highest BCUT2D eigenvalue weighted by Crippen LogP contribution is 2.22. The van der Waals surface area contributed by atoms with E-state index in [1.165, 1.54) is 0 Å². The van der Waals surface area contributed by atoms with Crippen LogP contribution in [0.3, 0.4) is 0 Å². The lowest BCUT2D eigenvalue weighted by atomic mass is 10.1. The molecule has 0 fully saturated rings. The largest absolute Gasteiger partial charge is 0.290 e. The molecule has 0 spiro atoms. The van der Waals surface area contributed by atoms with E-state index in [9.17, 15) is 0 Å². The number of fused-ring (bicyclic) bond motifs is 1. The maximum atomic E-state index is 8.90. The van der Waals surface area contributed by atoms with E-state index in [2.05, 4.69) is 22.6 Å². The van der Waals surface area contributed by atoms with E-state index in [0.717, 1.165) is 29.3 Å². The second kappa shape index (κ2) is 4.23. The van der Waals surface area contributed by atoms with Crippen LogP contribution in [-0.2, 0) is 6.42 Å². The molecule has 0 radical (unpaired) electrons. The van der Waals surface area contributed by atoms with Crippen LogP contribution in [0, 0.1) is 0 Å². The van der Waals surface area contributed by atoms with E-state index in [1.54, 1.807) is 0 Å². The van der Waals surface area contributed by atoms with Crippen molar-refractivity contribution in [1.29, 1.82) is 0 Å². The van der Waals surface area contributed by atoms with Gasteiger partial charge in [-0.2, -0.15) is 5.10 Å². The fourth-order valence-electron chi connectivity index (χ4n) is 1.66. The number of nitrogens with one attached hydrogen (secondary N) is 1. The Bertz CT molecular complexity index is 470. The van der Waals surface area contributed by atoms with Crippen LogP contribution in [0.25, 0.3) is 10.8 Å². The zero-order valence-corrected chi connectivity index (χ0v) is 8.57. The van der Waals surface area contributed by atoms with Crippen LogP contribution in [0.15, 0.2) is 24.3 Å². The van der Waals surface area contributed by atoms with Gasteiger partial charge < -0.3 is 0 Å². The third-order valence-corrected chi connectivity index (χ3v) is 2.36. The Hall–Kier alpha value is -1.68. The van der Waals surface area contributed by atoms with E-state index in [4.69, 9.17) is 5.21 Å². The first-order valence-corrected chi connectivity index (χ1v) is 5.01. The molecule has 1 aromatic carbocycles. The molecular formula is C11H13N3O. The van der Waals surface area contributed by atoms with Crippen LogP contribution in [0.4, 0.5) is 5.82 Å². The molecule has 15 heavy (non-hydrogen) atoms. The van der Waals surface area contributed by atoms with Crippen LogP contribution in [0.5, 0.6) is 0 Å². The third kappa shape index (κ3) is 1.76. The molecule has 1 aromatic heterocycles.